The van der Waals surface area contributed by atoms with Crippen LogP contribution in [-0.2, 0) is 4.74 Å². The average Bonchev–Trinajstić information content (AvgIpc) is 2.39. The second-order valence-electron chi connectivity index (χ2n) is 6.10. The van der Waals surface area contributed by atoms with Crippen LogP contribution in [0.4, 0.5) is 26.3 Å². The molecule has 0 aromatic heterocycles. The number of alkyl halides is 6. The van der Waals surface area contributed by atoms with Gasteiger partial charge in [-0.15, -0.1) is 0 Å². The van der Waals surface area contributed by atoms with Gasteiger partial charge in [0.05, 0.1) is 6.10 Å². The first kappa shape index (κ1) is 17.4. The normalized spacial score (nSPS) is 31.5. The van der Waals surface area contributed by atoms with Crippen molar-refractivity contribution in [2.45, 2.75) is 63.6 Å². The molecule has 0 N–H and O–H groups in total. The Balaban J connectivity index is 2.21. The van der Waals surface area contributed by atoms with Crippen LogP contribution in [-0.4, -0.2) is 24.1 Å². The lowest BCUT2D eigenvalue weighted by atomic mass is 9.88. The first-order valence-electron chi connectivity index (χ1n) is 7.19. The van der Waals surface area contributed by atoms with E-state index in [1.54, 1.807) is 0 Å². The number of hydrogen-bond acceptors (Lipinski definition) is 1. The Morgan fingerprint density at radius 1 is 1.00 bits per heavy atom. The van der Waals surface area contributed by atoms with Crippen molar-refractivity contribution < 1.29 is 31.1 Å². The molecule has 1 fully saturated rings. The molecular weight excluding hydrogens is 310 g/mol. The number of allylic oxidation sites excluding steroid dienone is 3. The molecule has 2 rings (SSSR count). The zero-order chi connectivity index (χ0) is 16.8. The average molecular weight is 328 g/mol. The summed E-state index contributed by atoms with van der Waals surface area (Å²) in [5, 5.41) is 0. The quantitative estimate of drug-likeness (QED) is 0.636. The fourth-order valence-corrected chi connectivity index (χ4v) is 2.73. The summed E-state index contributed by atoms with van der Waals surface area (Å²) in [6.45, 7) is 2.74. The van der Waals surface area contributed by atoms with Gasteiger partial charge in [0.25, 0.3) is 0 Å². The van der Waals surface area contributed by atoms with Crippen molar-refractivity contribution in [3.63, 3.8) is 0 Å². The third-order valence-corrected chi connectivity index (χ3v) is 4.32. The molecule has 0 aliphatic heterocycles. The lowest BCUT2D eigenvalue weighted by Gasteiger charge is -2.37. The van der Waals surface area contributed by atoms with Crippen LogP contribution >= 0.6 is 0 Å². The van der Waals surface area contributed by atoms with Crippen LogP contribution in [0.2, 0.25) is 0 Å². The number of halogens is 6. The van der Waals surface area contributed by atoms with Crippen LogP contribution in [0.1, 0.15) is 39.5 Å². The predicted octanol–water partition coefficient (Wildman–Crippen LogP) is 5.33. The fourth-order valence-electron chi connectivity index (χ4n) is 2.73. The topological polar surface area (TPSA) is 9.23 Å². The molecule has 0 heterocycles. The van der Waals surface area contributed by atoms with Crippen LogP contribution in [0.3, 0.4) is 0 Å². The summed E-state index contributed by atoms with van der Waals surface area (Å²) in [4.78, 5) is 0. The first-order chi connectivity index (χ1) is 9.98. The van der Waals surface area contributed by atoms with Gasteiger partial charge in [0, 0.05) is 5.57 Å². The van der Waals surface area contributed by atoms with E-state index in [4.69, 9.17) is 0 Å². The van der Waals surface area contributed by atoms with E-state index in [9.17, 15) is 26.3 Å². The van der Waals surface area contributed by atoms with Crippen molar-refractivity contribution in [3.8, 4) is 0 Å². The van der Waals surface area contributed by atoms with Gasteiger partial charge in [0.2, 0.25) is 0 Å². The number of rotatable bonds is 3. The highest BCUT2D eigenvalue weighted by atomic mass is 19.3. The second kappa shape index (κ2) is 5.58. The predicted molar refractivity (Wildman–Crippen MR) is 69.2 cm³/mol. The minimum absolute atomic E-state index is 0.306. The molecule has 0 aromatic carbocycles. The van der Waals surface area contributed by atoms with Crippen LogP contribution in [0.5, 0.6) is 0 Å². The highest BCUT2D eigenvalue weighted by Crippen LogP contribution is 2.52. The summed E-state index contributed by atoms with van der Waals surface area (Å²) in [6.07, 6.45) is -2.48. The van der Waals surface area contributed by atoms with Crippen LogP contribution in [0.25, 0.3) is 0 Å². The molecule has 0 bridgehead atoms. The van der Waals surface area contributed by atoms with Gasteiger partial charge in [-0.25, -0.2) is 0 Å². The standard InChI is InChI=1S/C15H18F6O/c1-9-3-6-11(7-4-9)22-15(20,21)12-8-5-10(2)13(16,17)14(12,18)19/h5,8-9,11H,3-4,6-7H2,1-2H3. The molecule has 0 saturated heterocycles. The third-order valence-electron chi connectivity index (χ3n) is 4.32. The van der Waals surface area contributed by atoms with E-state index in [1.807, 2.05) is 6.92 Å². The van der Waals surface area contributed by atoms with Gasteiger partial charge in [-0.05, 0) is 44.6 Å². The highest BCUT2D eigenvalue weighted by molar-refractivity contribution is 5.39. The monoisotopic (exact) mass is 328 g/mol. The minimum Gasteiger partial charge on any atom is -0.313 e. The van der Waals surface area contributed by atoms with Crippen molar-refractivity contribution in [2.75, 3.05) is 0 Å². The van der Waals surface area contributed by atoms with Gasteiger partial charge < -0.3 is 4.74 Å². The summed E-state index contributed by atoms with van der Waals surface area (Å²) in [5.41, 5.74) is -2.93. The molecule has 0 radical (unpaired) electrons. The summed E-state index contributed by atoms with van der Waals surface area (Å²) >= 11 is 0. The molecule has 0 amide bonds. The molecule has 2 aliphatic rings. The summed E-state index contributed by atoms with van der Waals surface area (Å²) < 4.78 is 87.2. The van der Waals surface area contributed by atoms with E-state index in [0.717, 1.165) is 6.92 Å². The largest absolute Gasteiger partial charge is 0.385 e. The Kier molecular flexibility index (Phi) is 4.41. The molecule has 0 atom stereocenters. The SMILES string of the molecule is CC1=CC=C(C(F)(F)OC2CCC(C)CC2)C(F)(F)C1(F)F. The molecule has 0 spiro atoms. The Morgan fingerprint density at radius 2 is 1.55 bits per heavy atom. The van der Waals surface area contributed by atoms with Gasteiger partial charge in [0.1, 0.15) is 5.57 Å². The number of ether oxygens (including phenoxy) is 1. The summed E-state index contributed by atoms with van der Waals surface area (Å²) in [5.74, 6) is -9.26. The van der Waals surface area contributed by atoms with Crippen LogP contribution in [0.15, 0.2) is 23.3 Å². The van der Waals surface area contributed by atoms with Crippen molar-refractivity contribution in [1.82, 2.24) is 0 Å². The van der Waals surface area contributed by atoms with Crippen LogP contribution in [0, 0.1) is 5.92 Å². The maximum atomic E-state index is 14.0. The maximum absolute atomic E-state index is 14.0. The minimum atomic E-state index is -4.97. The molecule has 126 valence electrons. The van der Waals surface area contributed by atoms with Gasteiger partial charge in [-0.1, -0.05) is 13.0 Å². The third kappa shape index (κ3) is 2.92. The van der Waals surface area contributed by atoms with E-state index in [0.29, 0.717) is 43.8 Å². The molecule has 2 aliphatic carbocycles. The van der Waals surface area contributed by atoms with E-state index in [1.165, 1.54) is 0 Å². The van der Waals surface area contributed by atoms with Gasteiger partial charge in [-0.3, -0.25) is 0 Å². The zero-order valence-electron chi connectivity index (χ0n) is 12.3. The number of hydrogen-bond donors (Lipinski definition) is 0. The Labute approximate surface area is 125 Å². The Bertz CT molecular complexity index is 486. The Morgan fingerprint density at radius 3 is 2.09 bits per heavy atom. The van der Waals surface area contributed by atoms with Gasteiger partial charge in [0.15, 0.2) is 0 Å². The lowest BCUT2D eigenvalue weighted by molar-refractivity contribution is -0.273. The van der Waals surface area contributed by atoms with E-state index < -0.39 is 35.2 Å². The van der Waals surface area contributed by atoms with Crippen molar-refractivity contribution >= 4 is 0 Å². The Hall–Kier alpha value is -0.980. The molecule has 22 heavy (non-hydrogen) atoms. The molecule has 0 unspecified atom stereocenters. The van der Waals surface area contributed by atoms with Crippen molar-refractivity contribution in [2.24, 2.45) is 5.92 Å². The molecule has 1 nitrogen and oxygen atoms in total. The van der Waals surface area contributed by atoms with Gasteiger partial charge >= 0.3 is 18.0 Å². The smallest absolute Gasteiger partial charge is 0.313 e. The summed E-state index contributed by atoms with van der Waals surface area (Å²) in [6, 6.07) is 0. The second-order valence-corrected chi connectivity index (χ2v) is 6.10. The lowest BCUT2D eigenvalue weighted by Crippen LogP contribution is -2.50. The van der Waals surface area contributed by atoms with E-state index >= 15 is 0 Å². The highest BCUT2D eigenvalue weighted by Gasteiger charge is 2.67. The van der Waals surface area contributed by atoms with Crippen LogP contribution < -0.4 is 0 Å². The van der Waals surface area contributed by atoms with E-state index in [-0.39, 0.29) is 0 Å². The zero-order valence-corrected chi connectivity index (χ0v) is 12.3. The van der Waals surface area contributed by atoms with Crippen molar-refractivity contribution in [3.05, 3.63) is 23.3 Å². The maximum Gasteiger partial charge on any atom is 0.385 e. The molecule has 0 aromatic rings. The van der Waals surface area contributed by atoms with Gasteiger partial charge in [-0.2, -0.15) is 26.3 Å². The fraction of sp³-hybridized carbons (Fsp3) is 0.733. The molecule has 1 saturated carbocycles. The molecular formula is C15H18F6O. The molecule has 7 heteroatoms. The van der Waals surface area contributed by atoms with E-state index in [2.05, 4.69) is 4.74 Å². The first-order valence-corrected chi connectivity index (χ1v) is 7.19. The summed E-state index contributed by atoms with van der Waals surface area (Å²) in [7, 11) is 0. The van der Waals surface area contributed by atoms with Crippen molar-refractivity contribution in [1.29, 1.82) is 0 Å².